The maximum absolute atomic E-state index is 17.2. The maximum Gasteiger partial charge on any atom is 0.306 e. The standard InChI is InChI=1S/C25H30ClFO5S/c1-5-20(30)32-25(21(31)33-13-26)14(2)10-18-17-7-6-15-11-16(28)8-9-22(15,3)24(17,27)19(29)12-23(18,25)4/h8-9,11,17-19,29H,2,5-7,10,12-13H2,1,3-4H3/t17-,18-,19-,22-,23-,24-,25-/m0/s1. The lowest BCUT2D eigenvalue weighted by atomic mass is 9.45. The normalized spacial score (nSPS) is 43.9. The summed E-state index contributed by atoms with van der Waals surface area (Å²) in [5, 5.41) is 11.0. The van der Waals surface area contributed by atoms with Crippen molar-refractivity contribution in [3.63, 3.8) is 0 Å². The van der Waals surface area contributed by atoms with Crippen molar-refractivity contribution in [3.05, 3.63) is 36.0 Å². The van der Waals surface area contributed by atoms with E-state index in [-0.39, 0.29) is 29.8 Å². The highest BCUT2D eigenvalue weighted by atomic mass is 35.5. The van der Waals surface area contributed by atoms with Gasteiger partial charge in [0, 0.05) is 23.2 Å². The lowest BCUT2D eigenvalue weighted by Crippen LogP contribution is -2.69. The molecule has 3 fully saturated rings. The quantitative estimate of drug-likeness (QED) is 0.346. The highest BCUT2D eigenvalue weighted by Gasteiger charge is 2.76. The van der Waals surface area contributed by atoms with Gasteiger partial charge in [-0.15, -0.1) is 11.6 Å². The van der Waals surface area contributed by atoms with E-state index in [1.54, 1.807) is 19.9 Å². The van der Waals surface area contributed by atoms with Gasteiger partial charge in [0.05, 0.1) is 11.3 Å². The molecule has 3 saturated carbocycles. The molecule has 8 heteroatoms. The van der Waals surface area contributed by atoms with Crippen LogP contribution in [-0.4, -0.2) is 44.6 Å². The molecule has 0 bridgehead atoms. The van der Waals surface area contributed by atoms with E-state index in [9.17, 15) is 19.5 Å². The minimum Gasteiger partial charge on any atom is -0.445 e. The van der Waals surface area contributed by atoms with Crippen LogP contribution in [0.2, 0.25) is 0 Å². The number of aliphatic hydroxyl groups excluding tert-OH is 1. The largest absolute Gasteiger partial charge is 0.445 e. The SMILES string of the molecule is C=C1C[C@H]2[C@@H]3CCC4=CC(=O)C=C[C@]4(C)[C@@]3(F)[C@@H](O)C[C@]2(C)[C@@]1(OC(=O)CC)C(=O)SCCl. The highest BCUT2D eigenvalue weighted by molar-refractivity contribution is 8.14. The number of aliphatic hydroxyl groups is 1. The predicted octanol–water partition coefficient (Wildman–Crippen LogP) is 4.67. The molecule has 0 unspecified atom stereocenters. The molecule has 0 aromatic rings. The Balaban J connectivity index is 1.85. The number of rotatable bonds is 4. The molecule has 4 aliphatic carbocycles. The van der Waals surface area contributed by atoms with E-state index in [4.69, 9.17) is 16.3 Å². The van der Waals surface area contributed by atoms with Crippen LogP contribution in [0.15, 0.2) is 36.0 Å². The summed E-state index contributed by atoms with van der Waals surface area (Å²) in [6, 6.07) is 0. The molecule has 0 heterocycles. The van der Waals surface area contributed by atoms with Crippen molar-refractivity contribution in [2.45, 2.75) is 70.2 Å². The van der Waals surface area contributed by atoms with E-state index in [2.05, 4.69) is 6.58 Å². The molecular weight excluding hydrogens is 467 g/mol. The number of ketones is 1. The molecule has 0 aromatic heterocycles. The van der Waals surface area contributed by atoms with Crippen molar-refractivity contribution < 1.29 is 28.6 Å². The first-order valence-electron chi connectivity index (χ1n) is 11.4. The highest BCUT2D eigenvalue weighted by Crippen LogP contribution is 2.71. The molecule has 7 atom stereocenters. The Morgan fingerprint density at radius 3 is 2.70 bits per heavy atom. The molecule has 5 nitrogen and oxygen atoms in total. The molecule has 0 saturated heterocycles. The van der Waals surface area contributed by atoms with Crippen molar-refractivity contribution in [2.75, 3.05) is 5.21 Å². The van der Waals surface area contributed by atoms with Crippen LogP contribution in [0.4, 0.5) is 4.39 Å². The van der Waals surface area contributed by atoms with Gasteiger partial charge in [0.1, 0.15) is 0 Å². The zero-order chi connectivity index (χ0) is 24.4. The van der Waals surface area contributed by atoms with Gasteiger partial charge in [-0.1, -0.05) is 43.8 Å². The van der Waals surface area contributed by atoms with E-state index in [0.717, 1.165) is 11.8 Å². The van der Waals surface area contributed by atoms with Gasteiger partial charge in [-0.25, -0.2) is 4.39 Å². The second kappa shape index (κ2) is 8.06. The maximum atomic E-state index is 17.2. The summed E-state index contributed by atoms with van der Waals surface area (Å²) in [6.07, 6.45) is 4.23. The Labute approximate surface area is 202 Å². The van der Waals surface area contributed by atoms with Gasteiger partial charge in [0.25, 0.3) is 0 Å². The second-order valence-corrected chi connectivity index (χ2v) is 11.7. The van der Waals surface area contributed by atoms with Gasteiger partial charge in [-0.05, 0) is 56.3 Å². The number of allylic oxidation sites excluding steroid dienone is 4. The Bertz CT molecular complexity index is 993. The summed E-state index contributed by atoms with van der Waals surface area (Å²) in [4.78, 5) is 37.9. The molecule has 0 amide bonds. The number of carbonyl (C=O) groups is 3. The molecule has 0 aliphatic heterocycles. The van der Waals surface area contributed by atoms with Crippen molar-refractivity contribution in [1.29, 1.82) is 0 Å². The van der Waals surface area contributed by atoms with E-state index >= 15 is 4.39 Å². The minimum absolute atomic E-state index is 0.0254. The molecule has 4 rings (SSSR count). The smallest absolute Gasteiger partial charge is 0.306 e. The van der Waals surface area contributed by atoms with E-state index in [1.165, 1.54) is 12.2 Å². The number of ether oxygens (including phenoxy) is 1. The summed E-state index contributed by atoms with van der Waals surface area (Å²) in [7, 11) is 0. The van der Waals surface area contributed by atoms with Crippen molar-refractivity contribution in [3.8, 4) is 0 Å². The van der Waals surface area contributed by atoms with Crippen LogP contribution >= 0.6 is 23.4 Å². The monoisotopic (exact) mass is 496 g/mol. The van der Waals surface area contributed by atoms with E-state index in [0.29, 0.717) is 30.4 Å². The Morgan fingerprint density at radius 1 is 1.36 bits per heavy atom. The molecular formula is C25H30ClFO5S. The molecule has 0 radical (unpaired) electrons. The summed E-state index contributed by atoms with van der Waals surface area (Å²) < 4.78 is 23.1. The summed E-state index contributed by atoms with van der Waals surface area (Å²) in [6.45, 7) is 9.32. The number of carbonyl (C=O) groups excluding carboxylic acids is 3. The average Bonchev–Trinajstić information content (AvgIpc) is 2.97. The average molecular weight is 497 g/mol. The van der Waals surface area contributed by atoms with Gasteiger partial charge in [0.2, 0.25) is 10.7 Å². The van der Waals surface area contributed by atoms with Crippen LogP contribution in [0.3, 0.4) is 0 Å². The minimum atomic E-state index is -2.04. The Hall–Kier alpha value is -1.44. The summed E-state index contributed by atoms with van der Waals surface area (Å²) >= 11 is 6.71. The van der Waals surface area contributed by atoms with E-state index in [1.807, 2.05) is 6.92 Å². The number of alkyl halides is 2. The molecule has 180 valence electrons. The first-order chi connectivity index (χ1) is 15.4. The van der Waals surface area contributed by atoms with Crippen molar-refractivity contribution >= 4 is 40.2 Å². The summed E-state index contributed by atoms with van der Waals surface area (Å²) in [5.74, 6) is -1.72. The summed E-state index contributed by atoms with van der Waals surface area (Å²) in [5.41, 5.74) is -4.78. The number of hydrogen-bond donors (Lipinski definition) is 1. The molecule has 0 spiro atoms. The first kappa shape index (κ1) is 24.7. The van der Waals surface area contributed by atoms with Crippen LogP contribution in [0, 0.1) is 22.7 Å². The van der Waals surface area contributed by atoms with Gasteiger partial charge in [-0.3, -0.25) is 14.4 Å². The van der Waals surface area contributed by atoms with Gasteiger partial charge in [-0.2, -0.15) is 0 Å². The zero-order valence-electron chi connectivity index (χ0n) is 19.2. The van der Waals surface area contributed by atoms with Crippen LogP contribution in [0.1, 0.15) is 52.9 Å². The lowest BCUT2D eigenvalue weighted by Gasteiger charge is -2.62. The Kier molecular flexibility index (Phi) is 6.03. The molecule has 33 heavy (non-hydrogen) atoms. The number of fused-ring (bicyclic) bond motifs is 5. The Morgan fingerprint density at radius 2 is 2.06 bits per heavy atom. The fraction of sp³-hybridized carbons (Fsp3) is 0.640. The van der Waals surface area contributed by atoms with Crippen LogP contribution in [0.5, 0.6) is 0 Å². The topological polar surface area (TPSA) is 80.7 Å². The number of hydrogen-bond acceptors (Lipinski definition) is 6. The van der Waals surface area contributed by atoms with Gasteiger partial charge >= 0.3 is 5.97 Å². The molecule has 0 aromatic carbocycles. The second-order valence-electron chi connectivity index (χ2n) is 10.1. The lowest BCUT2D eigenvalue weighted by molar-refractivity contribution is -0.220. The van der Waals surface area contributed by atoms with Gasteiger partial charge < -0.3 is 9.84 Å². The van der Waals surface area contributed by atoms with Crippen LogP contribution < -0.4 is 0 Å². The van der Waals surface area contributed by atoms with E-state index < -0.39 is 45.2 Å². The number of thioether (sulfide) groups is 1. The zero-order valence-corrected chi connectivity index (χ0v) is 20.7. The number of esters is 1. The number of halogens is 2. The predicted molar refractivity (Wildman–Crippen MR) is 125 cm³/mol. The fourth-order valence-corrected chi connectivity index (χ4v) is 8.18. The van der Waals surface area contributed by atoms with Crippen molar-refractivity contribution in [2.24, 2.45) is 22.7 Å². The third kappa shape index (κ3) is 3.04. The van der Waals surface area contributed by atoms with Crippen molar-refractivity contribution in [1.82, 2.24) is 0 Å². The third-order valence-electron chi connectivity index (χ3n) is 8.83. The third-order valence-corrected chi connectivity index (χ3v) is 9.81. The molecule has 4 aliphatic rings. The first-order valence-corrected chi connectivity index (χ1v) is 12.9. The van der Waals surface area contributed by atoms with Gasteiger partial charge in [0.15, 0.2) is 11.5 Å². The molecule has 1 N–H and O–H groups in total. The van der Waals surface area contributed by atoms with Crippen LogP contribution in [0.25, 0.3) is 0 Å². The fourth-order valence-electron chi connectivity index (χ4n) is 7.16. The van der Waals surface area contributed by atoms with Crippen LogP contribution in [-0.2, 0) is 19.1 Å².